The van der Waals surface area contributed by atoms with E-state index in [4.69, 9.17) is 0 Å². The third kappa shape index (κ3) is 2.53. The molecule has 0 aliphatic heterocycles. The third-order valence-electron chi connectivity index (χ3n) is 4.98. The Balaban J connectivity index is 1.70. The van der Waals surface area contributed by atoms with E-state index in [1.807, 2.05) is 0 Å². The topological polar surface area (TPSA) is 0 Å². The van der Waals surface area contributed by atoms with Crippen LogP contribution < -0.4 is 0 Å². The van der Waals surface area contributed by atoms with E-state index in [2.05, 4.69) is 49.4 Å². The lowest BCUT2D eigenvalue weighted by atomic mass is 9.73. The van der Waals surface area contributed by atoms with Crippen LogP contribution in [0, 0.1) is 23.7 Å². The minimum absolute atomic E-state index is 0.842. The van der Waals surface area contributed by atoms with Gasteiger partial charge >= 0.3 is 0 Å². The first-order valence-corrected chi connectivity index (χ1v) is 7.56. The van der Waals surface area contributed by atoms with Crippen molar-refractivity contribution in [3.63, 3.8) is 0 Å². The number of hydrogen-bond acceptors (Lipinski definition) is 0. The van der Waals surface area contributed by atoms with Crippen LogP contribution in [0.5, 0.6) is 0 Å². The Labute approximate surface area is 111 Å². The average Bonchev–Trinajstić information content (AvgIpc) is 2.78. The Kier molecular flexibility index (Phi) is 3.54. The second-order valence-corrected chi connectivity index (χ2v) is 6.37. The summed E-state index contributed by atoms with van der Waals surface area (Å²) in [5, 5.41) is 0. The van der Waals surface area contributed by atoms with Crippen LogP contribution in [0.4, 0.5) is 0 Å². The Morgan fingerprint density at radius 1 is 1.06 bits per heavy atom. The van der Waals surface area contributed by atoms with Crippen molar-refractivity contribution < 1.29 is 0 Å². The van der Waals surface area contributed by atoms with Gasteiger partial charge in [-0.3, -0.25) is 0 Å². The SMILES string of the molecule is CC1CC2CCCC(/C=C\c3ccccc3)C2C1. The molecule has 0 bridgehead atoms. The van der Waals surface area contributed by atoms with Gasteiger partial charge in [-0.05, 0) is 48.5 Å². The van der Waals surface area contributed by atoms with Gasteiger partial charge in [-0.25, -0.2) is 0 Å². The molecule has 2 fully saturated rings. The summed E-state index contributed by atoms with van der Waals surface area (Å²) in [4.78, 5) is 0. The number of benzene rings is 1. The molecule has 1 aromatic rings. The summed E-state index contributed by atoms with van der Waals surface area (Å²) < 4.78 is 0. The lowest BCUT2D eigenvalue weighted by Crippen LogP contribution is -2.22. The molecule has 0 heteroatoms. The van der Waals surface area contributed by atoms with Crippen LogP contribution in [0.1, 0.15) is 44.6 Å². The normalized spacial score (nSPS) is 35.8. The fraction of sp³-hybridized carbons (Fsp3) is 0.556. The molecule has 4 atom stereocenters. The van der Waals surface area contributed by atoms with Crippen LogP contribution in [-0.2, 0) is 0 Å². The summed E-state index contributed by atoms with van der Waals surface area (Å²) in [5.41, 5.74) is 1.35. The first-order valence-electron chi connectivity index (χ1n) is 7.56. The summed E-state index contributed by atoms with van der Waals surface area (Å²) in [6.45, 7) is 2.44. The van der Waals surface area contributed by atoms with Gasteiger partial charge < -0.3 is 0 Å². The van der Waals surface area contributed by atoms with E-state index in [0.29, 0.717) is 0 Å². The monoisotopic (exact) mass is 240 g/mol. The Hall–Kier alpha value is -1.04. The molecule has 96 valence electrons. The first kappa shape index (κ1) is 12.0. The minimum atomic E-state index is 0.842. The standard InChI is InChI=1S/C18H24/c1-14-12-17-9-5-8-16(18(17)13-14)11-10-15-6-3-2-4-7-15/h2-4,6-7,10-11,14,16-18H,5,8-9,12-13H2,1H3/b11-10-. The van der Waals surface area contributed by atoms with Gasteiger partial charge in [0.05, 0.1) is 0 Å². The summed E-state index contributed by atoms with van der Waals surface area (Å²) in [6.07, 6.45) is 12.1. The quantitative estimate of drug-likeness (QED) is 0.669. The maximum absolute atomic E-state index is 2.50. The number of allylic oxidation sites excluding steroid dienone is 1. The van der Waals surface area contributed by atoms with Crippen LogP contribution in [0.25, 0.3) is 6.08 Å². The predicted octanol–water partition coefficient (Wildman–Crippen LogP) is 5.16. The summed E-state index contributed by atoms with van der Waals surface area (Å²) in [5.74, 6) is 3.81. The Bertz CT molecular complexity index is 403. The molecule has 0 aromatic heterocycles. The second-order valence-electron chi connectivity index (χ2n) is 6.37. The van der Waals surface area contributed by atoms with Gasteiger partial charge in [-0.15, -0.1) is 0 Å². The lowest BCUT2D eigenvalue weighted by molar-refractivity contribution is 0.219. The summed E-state index contributed by atoms with van der Waals surface area (Å²) in [6, 6.07) is 10.7. The van der Waals surface area contributed by atoms with Crippen molar-refractivity contribution in [2.75, 3.05) is 0 Å². The largest absolute Gasteiger partial charge is 0.0805 e. The molecule has 0 N–H and O–H groups in total. The average molecular weight is 240 g/mol. The van der Waals surface area contributed by atoms with Crippen molar-refractivity contribution in [1.29, 1.82) is 0 Å². The zero-order valence-corrected chi connectivity index (χ0v) is 11.4. The maximum atomic E-state index is 2.50. The van der Waals surface area contributed by atoms with Crippen molar-refractivity contribution in [3.8, 4) is 0 Å². The van der Waals surface area contributed by atoms with E-state index in [0.717, 1.165) is 23.7 Å². The summed E-state index contributed by atoms with van der Waals surface area (Å²) >= 11 is 0. The fourth-order valence-electron chi connectivity index (χ4n) is 4.17. The first-order chi connectivity index (χ1) is 8.83. The van der Waals surface area contributed by atoms with Gasteiger partial charge in [0.2, 0.25) is 0 Å². The van der Waals surface area contributed by atoms with Gasteiger partial charge in [0.15, 0.2) is 0 Å². The molecule has 3 rings (SSSR count). The molecule has 0 nitrogen and oxygen atoms in total. The van der Waals surface area contributed by atoms with E-state index in [1.54, 1.807) is 0 Å². The van der Waals surface area contributed by atoms with Crippen LogP contribution in [0.2, 0.25) is 0 Å². The minimum Gasteiger partial charge on any atom is -0.0805 e. The van der Waals surface area contributed by atoms with Crippen LogP contribution in [0.15, 0.2) is 36.4 Å². The molecule has 0 heterocycles. The zero-order valence-electron chi connectivity index (χ0n) is 11.4. The maximum Gasteiger partial charge on any atom is -0.0199 e. The van der Waals surface area contributed by atoms with Crippen LogP contribution in [-0.4, -0.2) is 0 Å². The second kappa shape index (κ2) is 5.30. The summed E-state index contributed by atoms with van der Waals surface area (Å²) in [7, 11) is 0. The van der Waals surface area contributed by atoms with E-state index in [9.17, 15) is 0 Å². The van der Waals surface area contributed by atoms with E-state index in [-0.39, 0.29) is 0 Å². The highest BCUT2D eigenvalue weighted by molar-refractivity contribution is 5.49. The fourth-order valence-corrected chi connectivity index (χ4v) is 4.17. The molecule has 0 saturated heterocycles. The molecule has 0 radical (unpaired) electrons. The van der Waals surface area contributed by atoms with Crippen molar-refractivity contribution in [3.05, 3.63) is 42.0 Å². The van der Waals surface area contributed by atoms with Crippen LogP contribution >= 0.6 is 0 Å². The molecule has 2 aliphatic rings. The molecule has 0 spiro atoms. The third-order valence-corrected chi connectivity index (χ3v) is 4.98. The molecule has 18 heavy (non-hydrogen) atoms. The lowest BCUT2D eigenvalue weighted by Gasteiger charge is -2.32. The van der Waals surface area contributed by atoms with Crippen LogP contribution in [0.3, 0.4) is 0 Å². The van der Waals surface area contributed by atoms with Gasteiger partial charge in [0.25, 0.3) is 0 Å². The molecule has 4 unspecified atom stereocenters. The molecule has 2 saturated carbocycles. The smallest absolute Gasteiger partial charge is 0.0199 e. The molecule has 0 amide bonds. The molecule has 1 aromatic carbocycles. The highest BCUT2D eigenvalue weighted by Crippen LogP contribution is 2.48. The number of fused-ring (bicyclic) bond motifs is 1. The Morgan fingerprint density at radius 2 is 1.89 bits per heavy atom. The predicted molar refractivity (Wildman–Crippen MR) is 78.2 cm³/mol. The zero-order chi connectivity index (χ0) is 12.4. The van der Waals surface area contributed by atoms with Gasteiger partial charge in [-0.1, -0.05) is 62.2 Å². The molecular formula is C18H24. The van der Waals surface area contributed by atoms with Crippen molar-refractivity contribution in [2.45, 2.75) is 39.0 Å². The van der Waals surface area contributed by atoms with Crippen molar-refractivity contribution in [1.82, 2.24) is 0 Å². The van der Waals surface area contributed by atoms with E-state index < -0.39 is 0 Å². The molecule has 2 aliphatic carbocycles. The van der Waals surface area contributed by atoms with Gasteiger partial charge in [0.1, 0.15) is 0 Å². The number of rotatable bonds is 2. The van der Waals surface area contributed by atoms with Gasteiger partial charge in [0, 0.05) is 0 Å². The van der Waals surface area contributed by atoms with Gasteiger partial charge in [-0.2, -0.15) is 0 Å². The highest BCUT2D eigenvalue weighted by Gasteiger charge is 2.38. The van der Waals surface area contributed by atoms with Crippen molar-refractivity contribution in [2.24, 2.45) is 23.7 Å². The highest BCUT2D eigenvalue weighted by atomic mass is 14.4. The van der Waals surface area contributed by atoms with E-state index in [1.165, 1.54) is 37.7 Å². The van der Waals surface area contributed by atoms with E-state index >= 15 is 0 Å². The Morgan fingerprint density at radius 3 is 2.72 bits per heavy atom. The number of hydrogen-bond donors (Lipinski definition) is 0. The van der Waals surface area contributed by atoms with Crippen molar-refractivity contribution >= 4 is 6.08 Å². The molecular weight excluding hydrogens is 216 g/mol.